The second kappa shape index (κ2) is 5.12. The van der Waals surface area contributed by atoms with Gasteiger partial charge in [-0.3, -0.25) is 9.48 Å². The molecule has 0 aliphatic heterocycles. The third-order valence-corrected chi connectivity index (χ3v) is 2.88. The molecule has 0 aliphatic rings. The van der Waals surface area contributed by atoms with E-state index in [0.29, 0.717) is 13.0 Å². The normalized spacial score (nSPS) is 12.6. The molecule has 0 radical (unpaired) electrons. The summed E-state index contributed by atoms with van der Waals surface area (Å²) in [6.45, 7) is 2.36. The number of hydrogen-bond donors (Lipinski definition) is 1. The van der Waals surface area contributed by atoms with Crippen molar-refractivity contribution in [3.8, 4) is 0 Å². The molecule has 0 saturated carbocycles. The fraction of sp³-hybridized carbons (Fsp3) is 0.636. The quantitative estimate of drug-likeness (QED) is 0.779. The van der Waals surface area contributed by atoms with Crippen LogP contribution in [0.3, 0.4) is 0 Å². The van der Waals surface area contributed by atoms with Gasteiger partial charge in [-0.1, -0.05) is 0 Å². The first-order valence-electron chi connectivity index (χ1n) is 5.36. The number of rotatable bonds is 4. The Balaban J connectivity index is 2.78. The third-order valence-electron chi connectivity index (χ3n) is 2.88. The highest BCUT2D eigenvalue weighted by Crippen LogP contribution is 2.13. The van der Waals surface area contributed by atoms with Gasteiger partial charge in [0.15, 0.2) is 0 Å². The van der Waals surface area contributed by atoms with Gasteiger partial charge in [0.05, 0.1) is 12.1 Å². The van der Waals surface area contributed by atoms with Gasteiger partial charge in [0, 0.05) is 33.4 Å². The Kier molecular flexibility index (Phi) is 4.06. The molecule has 90 valence electrons. The summed E-state index contributed by atoms with van der Waals surface area (Å²) in [7, 11) is 5.40. The van der Waals surface area contributed by atoms with Gasteiger partial charge in [0.1, 0.15) is 0 Å². The van der Waals surface area contributed by atoms with Crippen LogP contribution < -0.4 is 5.73 Å². The minimum absolute atomic E-state index is 0.0748. The van der Waals surface area contributed by atoms with Crippen molar-refractivity contribution in [2.75, 3.05) is 20.6 Å². The third kappa shape index (κ3) is 2.61. The first-order valence-corrected chi connectivity index (χ1v) is 5.36. The van der Waals surface area contributed by atoms with Crippen LogP contribution in [0.2, 0.25) is 0 Å². The van der Waals surface area contributed by atoms with E-state index in [0.717, 1.165) is 11.3 Å². The number of nitrogens with two attached hydrogens (primary N) is 1. The van der Waals surface area contributed by atoms with Gasteiger partial charge in [-0.25, -0.2) is 0 Å². The number of aryl methyl sites for hydroxylation is 1. The highest BCUT2D eigenvalue weighted by Gasteiger charge is 2.20. The molecule has 1 aromatic rings. The Morgan fingerprint density at radius 3 is 2.62 bits per heavy atom. The maximum atomic E-state index is 11.8. The fourth-order valence-electron chi connectivity index (χ4n) is 1.65. The molecule has 1 atom stereocenters. The zero-order valence-corrected chi connectivity index (χ0v) is 10.4. The van der Waals surface area contributed by atoms with E-state index < -0.39 is 0 Å². The highest BCUT2D eigenvalue weighted by atomic mass is 16.2. The highest BCUT2D eigenvalue weighted by molar-refractivity contribution is 5.78. The number of amides is 1. The lowest BCUT2D eigenvalue weighted by atomic mass is 9.99. The molecule has 16 heavy (non-hydrogen) atoms. The Hall–Kier alpha value is -1.36. The molecule has 2 N–H and O–H groups in total. The molecule has 0 fully saturated rings. The van der Waals surface area contributed by atoms with Crippen LogP contribution in [-0.4, -0.2) is 41.2 Å². The molecule has 1 unspecified atom stereocenters. The molecule has 5 heteroatoms. The lowest BCUT2D eigenvalue weighted by molar-refractivity contribution is -0.132. The van der Waals surface area contributed by atoms with Crippen molar-refractivity contribution in [1.29, 1.82) is 0 Å². The van der Waals surface area contributed by atoms with Crippen molar-refractivity contribution in [3.63, 3.8) is 0 Å². The summed E-state index contributed by atoms with van der Waals surface area (Å²) in [6.07, 6.45) is 2.47. The van der Waals surface area contributed by atoms with Crippen molar-refractivity contribution in [2.45, 2.75) is 13.3 Å². The van der Waals surface area contributed by atoms with Crippen LogP contribution in [0.4, 0.5) is 0 Å². The largest absolute Gasteiger partial charge is 0.349 e. The molecular formula is C11H20N4O. The number of nitrogens with zero attached hydrogens (tertiary/aromatic N) is 3. The van der Waals surface area contributed by atoms with Gasteiger partial charge in [-0.15, -0.1) is 0 Å². The van der Waals surface area contributed by atoms with Crippen molar-refractivity contribution < 1.29 is 4.79 Å². The second-order valence-electron chi connectivity index (χ2n) is 4.25. The predicted octanol–water partition coefficient (Wildman–Crippen LogP) is -0.0659. The van der Waals surface area contributed by atoms with Gasteiger partial charge in [0.25, 0.3) is 0 Å². The molecule has 0 bridgehead atoms. The number of carbonyl (C=O) groups is 1. The summed E-state index contributed by atoms with van der Waals surface area (Å²) in [5.41, 5.74) is 7.82. The van der Waals surface area contributed by atoms with Crippen molar-refractivity contribution in [3.05, 3.63) is 17.5 Å². The smallest absolute Gasteiger partial charge is 0.226 e. The molecule has 0 saturated heterocycles. The molecule has 0 aromatic carbocycles. The van der Waals surface area contributed by atoms with E-state index in [1.807, 2.05) is 18.7 Å². The minimum Gasteiger partial charge on any atom is -0.349 e. The summed E-state index contributed by atoms with van der Waals surface area (Å²) in [5, 5.41) is 4.16. The van der Waals surface area contributed by atoms with Gasteiger partial charge in [-0.05, 0) is 18.9 Å². The zero-order valence-electron chi connectivity index (χ0n) is 10.4. The Morgan fingerprint density at radius 1 is 1.62 bits per heavy atom. The van der Waals surface area contributed by atoms with Gasteiger partial charge < -0.3 is 10.6 Å². The summed E-state index contributed by atoms with van der Waals surface area (Å²) in [4.78, 5) is 13.4. The Bertz CT molecular complexity index is 370. The zero-order chi connectivity index (χ0) is 12.3. The van der Waals surface area contributed by atoms with E-state index in [4.69, 9.17) is 5.73 Å². The molecule has 1 heterocycles. The maximum absolute atomic E-state index is 11.8. The molecule has 0 spiro atoms. The summed E-state index contributed by atoms with van der Waals surface area (Å²) >= 11 is 0. The van der Waals surface area contributed by atoms with E-state index in [-0.39, 0.29) is 11.8 Å². The van der Waals surface area contributed by atoms with E-state index in [1.165, 1.54) is 0 Å². The summed E-state index contributed by atoms with van der Waals surface area (Å²) < 4.78 is 1.81. The first kappa shape index (κ1) is 12.7. The van der Waals surface area contributed by atoms with Crippen molar-refractivity contribution >= 4 is 5.91 Å². The van der Waals surface area contributed by atoms with Crippen molar-refractivity contribution in [2.24, 2.45) is 18.7 Å². The molecule has 1 aromatic heterocycles. The first-order chi connectivity index (χ1) is 7.47. The number of aromatic nitrogens is 2. The number of hydrogen-bond acceptors (Lipinski definition) is 3. The standard InChI is InChI=1S/C11H20N4O/c1-8-10(7-13-15(8)4)5-9(6-12)11(16)14(2)3/h7,9H,5-6,12H2,1-4H3. The van der Waals surface area contributed by atoms with E-state index in [9.17, 15) is 4.79 Å². The van der Waals surface area contributed by atoms with Crippen LogP contribution in [0.1, 0.15) is 11.3 Å². The predicted molar refractivity (Wildman–Crippen MR) is 62.9 cm³/mol. The average molecular weight is 224 g/mol. The average Bonchev–Trinajstić information content (AvgIpc) is 2.56. The monoisotopic (exact) mass is 224 g/mol. The molecule has 1 rings (SSSR count). The van der Waals surface area contributed by atoms with Gasteiger partial charge in [0.2, 0.25) is 5.91 Å². The van der Waals surface area contributed by atoms with Crippen LogP contribution in [0.15, 0.2) is 6.20 Å². The molecule has 5 nitrogen and oxygen atoms in total. The Labute approximate surface area is 96.2 Å². The topological polar surface area (TPSA) is 64.2 Å². The van der Waals surface area contributed by atoms with Crippen LogP contribution >= 0.6 is 0 Å². The summed E-state index contributed by atoms with van der Waals surface area (Å²) in [6, 6.07) is 0. The van der Waals surface area contributed by atoms with Gasteiger partial charge >= 0.3 is 0 Å². The lowest BCUT2D eigenvalue weighted by Crippen LogP contribution is -2.35. The minimum atomic E-state index is -0.155. The summed E-state index contributed by atoms with van der Waals surface area (Å²) in [5.74, 6) is -0.0800. The molecule has 1 amide bonds. The van der Waals surface area contributed by atoms with E-state index >= 15 is 0 Å². The van der Waals surface area contributed by atoms with Gasteiger partial charge in [-0.2, -0.15) is 5.10 Å². The Morgan fingerprint density at radius 2 is 2.25 bits per heavy atom. The molecular weight excluding hydrogens is 204 g/mol. The van der Waals surface area contributed by atoms with Crippen molar-refractivity contribution in [1.82, 2.24) is 14.7 Å². The van der Waals surface area contributed by atoms with Crippen LogP contribution in [0.25, 0.3) is 0 Å². The lowest BCUT2D eigenvalue weighted by Gasteiger charge is -2.18. The van der Waals surface area contributed by atoms with E-state index in [2.05, 4.69) is 5.10 Å². The maximum Gasteiger partial charge on any atom is 0.226 e. The van der Waals surface area contributed by atoms with Crippen LogP contribution in [0, 0.1) is 12.8 Å². The SMILES string of the molecule is Cc1c(CC(CN)C(=O)N(C)C)cnn1C. The van der Waals surface area contributed by atoms with Crippen LogP contribution in [0.5, 0.6) is 0 Å². The van der Waals surface area contributed by atoms with E-state index in [1.54, 1.807) is 25.2 Å². The molecule has 0 aliphatic carbocycles. The fourth-order valence-corrected chi connectivity index (χ4v) is 1.65. The number of carbonyl (C=O) groups excluding carboxylic acids is 1. The van der Waals surface area contributed by atoms with Crippen LogP contribution in [-0.2, 0) is 18.3 Å². The second-order valence-corrected chi connectivity index (χ2v) is 4.25.